The van der Waals surface area contributed by atoms with E-state index in [0.29, 0.717) is 38.3 Å². The number of hydrogen-bond acceptors (Lipinski definition) is 7. The topological polar surface area (TPSA) is 131 Å². The Hall–Kier alpha value is -4.57. The summed E-state index contributed by atoms with van der Waals surface area (Å²) in [6.07, 6.45) is 0. The maximum atomic E-state index is 12.8. The number of rotatable bonds is 4. The van der Waals surface area contributed by atoms with Crippen LogP contribution in [0, 0.1) is 0 Å². The van der Waals surface area contributed by atoms with Crippen molar-refractivity contribution in [2.75, 3.05) is 6.61 Å². The second kappa shape index (κ2) is 8.03. The van der Waals surface area contributed by atoms with E-state index in [1.165, 1.54) is 0 Å². The van der Waals surface area contributed by atoms with Crippen molar-refractivity contribution in [3.8, 4) is 22.4 Å². The number of esters is 1. The molecular weight excluding hydrogens is 470 g/mol. The first kappa shape index (κ1) is 21.0. The van der Waals surface area contributed by atoms with Crippen molar-refractivity contribution in [2.45, 2.75) is 6.92 Å². The number of nitrogens with one attached hydrogen (secondary N) is 2. The van der Waals surface area contributed by atoms with Crippen LogP contribution in [0.3, 0.4) is 0 Å². The highest BCUT2D eigenvalue weighted by atomic mass is 35.5. The van der Waals surface area contributed by atoms with Crippen LogP contribution in [0.1, 0.15) is 17.4 Å². The third kappa shape index (κ3) is 3.26. The van der Waals surface area contributed by atoms with Crippen LogP contribution in [0.25, 0.3) is 50.1 Å². The molecule has 0 unspecified atom stereocenters. The first-order valence-corrected chi connectivity index (χ1v) is 11.1. The van der Waals surface area contributed by atoms with E-state index >= 15 is 0 Å². The summed E-state index contributed by atoms with van der Waals surface area (Å²) >= 11 is 6.11. The summed E-state index contributed by atoms with van der Waals surface area (Å²) in [7, 11) is 0. The van der Waals surface area contributed by atoms with Crippen molar-refractivity contribution >= 4 is 45.3 Å². The summed E-state index contributed by atoms with van der Waals surface area (Å²) in [4.78, 5) is 30.1. The number of hydrogen-bond donors (Lipinski definition) is 2. The van der Waals surface area contributed by atoms with Gasteiger partial charge >= 0.3 is 5.97 Å². The van der Waals surface area contributed by atoms with Crippen molar-refractivity contribution in [1.82, 2.24) is 35.0 Å². The number of benzene rings is 2. The van der Waals surface area contributed by atoms with E-state index in [1.807, 2.05) is 42.5 Å². The van der Waals surface area contributed by atoms with Crippen LogP contribution in [0.4, 0.5) is 0 Å². The van der Waals surface area contributed by atoms with Gasteiger partial charge in [0.1, 0.15) is 5.69 Å². The van der Waals surface area contributed by atoms with Crippen LogP contribution in [0.2, 0.25) is 5.02 Å². The van der Waals surface area contributed by atoms with Crippen LogP contribution in [-0.2, 0) is 4.74 Å². The zero-order chi connectivity index (χ0) is 24.1. The molecule has 0 spiro atoms. The molecule has 10 nitrogen and oxygen atoms in total. The van der Waals surface area contributed by atoms with Gasteiger partial charge in [-0.1, -0.05) is 54.1 Å². The SMILES string of the molecule is CCOC(=O)c1nnc2c3c(-c4ccc(Cl)cc4)c4c(=O)[nH]nc4nc3[nH]n2c1-c1ccccc1. The molecule has 0 saturated carbocycles. The Morgan fingerprint density at radius 3 is 2.54 bits per heavy atom. The van der Waals surface area contributed by atoms with Crippen molar-refractivity contribution in [1.29, 1.82) is 0 Å². The second-order valence-electron chi connectivity index (χ2n) is 7.72. The summed E-state index contributed by atoms with van der Waals surface area (Å²) < 4.78 is 6.87. The van der Waals surface area contributed by atoms with E-state index in [4.69, 9.17) is 16.3 Å². The Labute approximate surface area is 201 Å². The van der Waals surface area contributed by atoms with Crippen molar-refractivity contribution < 1.29 is 9.53 Å². The molecule has 0 amide bonds. The third-order valence-electron chi connectivity index (χ3n) is 5.66. The molecule has 0 aliphatic heterocycles. The van der Waals surface area contributed by atoms with Gasteiger partial charge in [-0.2, -0.15) is 5.10 Å². The first-order valence-electron chi connectivity index (χ1n) is 10.7. The van der Waals surface area contributed by atoms with E-state index in [0.717, 1.165) is 11.1 Å². The van der Waals surface area contributed by atoms with Gasteiger partial charge < -0.3 is 4.74 Å². The zero-order valence-electron chi connectivity index (χ0n) is 18.2. The zero-order valence-corrected chi connectivity index (χ0v) is 19.0. The second-order valence-corrected chi connectivity index (χ2v) is 8.16. The average molecular weight is 486 g/mol. The number of nitrogens with zero attached hydrogens (tertiary/aromatic N) is 5. The smallest absolute Gasteiger partial charge is 0.361 e. The summed E-state index contributed by atoms with van der Waals surface area (Å²) in [5, 5.41) is 19.8. The Kier molecular flexibility index (Phi) is 4.82. The van der Waals surface area contributed by atoms with E-state index in [9.17, 15) is 9.59 Å². The largest absolute Gasteiger partial charge is 0.461 e. The molecule has 0 saturated heterocycles. The van der Waals surface area contributed by atoms with Crippen molar-refractivity contribution in [3.63, 3.8) is 0 Å². The van der Waals surface area contributed by atoms with Crippen molar-refractivity contribution in [2.24, 2.45) is 0 Å². The number of aromatic nitrogens is 7. The maximum absolute atomic E-state index is 12.8. The fourth-order valence-corrected chi connectivity index (χ4v) is 4.33. The Bertz CT molecular complexity index is 1810. The minimum atomic E-state index is -0.602. The number of aromatic amines is 2. The molecule has 0 aliphatic rings. The number of pyridine rings is 1. The molecule has 0 fully saturated rings. The predicted molar refractivity (Wildman–Crippen MR) is 130 cm³/mol. The Balaban J connectivity index is 1.79. The quantitative estimate of drug-likeness (QED) is 0.361. The normalized spacial score (nSPS) is 11.5. The van der Waals surface area contributed by atoms with Crippen LogP contribution in [0.15, 0.2) is 59.4 Å². The van der Waals surface area contributed by atoms with Crippen LogP contribution >= 0.6 is 11.6 Å². The average Bonchev–Trinajstić information content (AvgIpc) is 3.43. The van der Waals surface area contributed by atoms with E-state index in [1.54, 1.807) is 23.6 Å². The van der Waals surface area contributed by atoms with Gasteiger partial charge in [-0.3, -0.25) is 9.89 Å². The van der Waals surface area contributed by atoms with Gasteiger partial charge in [0.15, 0.2) is 22.6 Å². The molecule has 4 aromatic heterocycles. The molecule has 172 valence electrons. The monoisotopic (exact) mass is 485 g/mol. The fraction of sp³-hybridized carbons (Fsp3) is 0.0833. The van der Waals surface area contributed by atoms with Crippen LogP contribution in [0.5, 0.6) is 0 Å². The van der Waals surface area contributed by atoms with Gasteiger partial charge in [0, 0.05) is 16.1 Å². The van der Waals surface area contributed by atoms with Gasteiger partial charge in [-0.15, -0.1) is 10.2 Å². The Morgan fingerprint density at radius 1 is 1.03 bits per heavy atom. The highest BCUT2D eigenvalue weighted by Gasteiger charge is 2.26. The van der Waals surface area contributed by atoms with Crippen LogP contribution in [-0.4, -0.2) is 47.6 Å². The highest BCUT2D eigenvalue weighted by Crippen LogP contribution is 2.36. The predicted octanol–water partition coefficient (Wildman–Crippen LogP) is 4.01. The lowest BCUT2D eigenvalue weighted by atomic mass is 10.0. The number of halogens is 1. The minimum absolute atomic E-state index is 0.0464. The van der Waals surface area contributed by atoms with Crippen molar-refractivity contribution in [3.05, 3.63) is 75.7 Å². The summed E-state index contributed by atoms with van der Waals surface area (Å²) in [5.41, 5.74) is 3.20. The van der Waals surface area contributed by atoms with Gasteiger partial charge in [0.2, 0.25) is 0 Å². The number of H-pyrrole nitrogens is 2. The summed E-state index contributed by atoms with van der Waals surface area (Å²) in [5.74, 6) is -0.602. The number of carbonyl (C=O) groups is 1. The molecule has 0 aliphatic carbocycles. The van der Waals surface area contributed by atoms with Gasteiger partial charge in [-0.05, 0) is 24.6 Å². The first-order chi connectivity index (χ1) is 17.1. The minimum Gasteiger partial charge on any atom is -0.461 e. The maximum Gasteiger partial charge on any atom is 0.361 e. The van der Waals surface area contributed by atoms with Crippen LogP contribution < -0.4 is 5.56 Å². The molecule has 6 aromatic rings. The summed E-state index contributed by atoms with van der Waals surface area (Å²) in [6, 6.07) is 16.4. The summed E-state index contributed by atoms with van der Waals surface area (Å²) in [6.45, 7) is 1.91. The third-order valence-corrected chi connectivity index (χ3v) is 5.92. The molecule has 0 radical (unpaired) electrons. The fourth-order valence-electron chi connectivity index (χ4n) is 4.21. The molecule has 0 atom stereocenters. The standard InChI is InChI=1S/C24H16ClN7O3/c1-2-35-24(34)18-19(13-6-4-3-5-7-13)32-22(29-27-18)16-15(12-8-10-14(25)11-9-12)17-20(26-21(16)31-32)28-30-23(17)33/h3-11H,2H2,1H3,(H,30,33)(H,26,28,31). The lowest BCUT2D eigenvalue weighted by molar-refractivity contribution is 0.0518. The molecule has 0 bridgehead atoms. The van der Waals surface area contributed by atoms with E-state index < -0.39 is 5.97 Å². The van der Waals surface area contributed by atoms with E-state index in [-0.39, 0.29) is 23.5 Å². The number of carbonyl (C=O) groups excluding carboxylic acids is 1. The number of fused-ring (bicyclic) bond motifs is 4. The molecule has 4 heterocycles. The lowest BCUT2D eigenvalue weighted by Crippen LogP contribution is -2.14. The van der Waals surface area contributed by atoms with Gasteiger partial charge in [0.05, 0.1) is 17.4 Å². The molecule has 11 heteroatoms. The molecule has 35 heavy (non-hydrogen) atoms. The molecular formula is C24H16ClN7O3. The molecule has 2 aromatic carbocycles. The Morgan fingerprint density at radius 2 is 1.80 bits per heavy atom. The van der Waals surface area contributed by atoms with E-state index in [2.05, 4.69) is 30.5 Å². The molecule has 6 rings (SSSR count). The van der Waals surface area contributed by atoms with Gasteiger partial charge in [0.25, 0.3) is 5.56 Å². The molecule has 2 N–H and O–H groups in total. The highest BCUT2D eigenvalue weighted by molar-refractivity contribution is 6.30. The number of ether oxygens (including phenoxy) is 1. The lowest BCUT2D eigenvalue weighted by Gasteiger charge is -2.10. The van der Waals surface area contributed by atoms with Gasteiger partial charge in [-0.25, -0.2) is 19.4 Å².